The SMILES string of the molecule is O=C(Cc1cccc2ccccc12)Nc1nnc(-c2cc3ccccc3o2)o1. The number of hydrogen-bond donors (Lipinski definition) is 1. The maximum absolute atomic E-state index is 12.4. The summed E-state index contributed by atoms with van der Waals surface area (Å²) in [7, 11) is 0. The number of furan rings is 1. The Morgan fingerprint density at radius 2 is 1.64 bits per heavy atom. The average molecular weight is 369 g/mol. The first-order valence-corrected chi connectivity index (χ1v) is 8.85. The van der Waals surface area contributed by atoms with E-state index in [2.05, 4.69) is 15.5 Å². The number of hydrogen-bond acceptors (Lipinski definition) is 5. The number of benzene rings is 3. The summed E-state index contributed by atoms with van der Waals surface area (Å²) in [5.74, 6) is 0.455. The fourth-order valence-corrected chi connectivity index (χ4v) is 3.24. The molecule has 0 aliphatic heterocycles. The molecule has 2 heterocycles. The lowest BCUT2D eigenvalue weighted by molar-refractivity contribution is -0.115. The smallest absolute Gasteiger partial charge is 0.322 e. The predicted octanol–water partition coefficient (Wildman–Crippen LogP) is 4.82. The van der Waals surface area contributed by atoms with Crippen LogP contribution in [0.4, 0.5) is 6.01 Å². The summed E-state index contributed by atoms with van der Waals surface area (Å²) in [6, 6.07) is 23.3. The first-order chi connectivity index (χ1) is 13.8. The number of anilines is 1. The highest BCUT2D eigenvalue weighted by Gasteiger charge is 2.15. The Balaban J connectivity index is 1.34. The molecule has 3 aromatic carbocycles. The summed E-state index contributed by atoms with van der Waals surface area (Å²) in [6.45, 7) is 0. The third kappa shape index (κ3) is 3.01. The second kappa shape index (κ2) is 6.66. The van der Waals surface area contributed by atoms with Gasteiger partial charge in [0, 0.05) is 5.39 Å². The molecule has 0 radical (unpaired) electrons. The van der Waals surface area contributed by atoms with Crippen molar-refractivity contribution in [1.82, 2.24) is 10.2 Å². The average Bonchev–Trinajstić information content (AvgIpc) is 3.35. The van der Waals surface area contributed by atoms with Gasteiger partial charge in [0.05, 0.1) is 6.42 Å². The molecule has 0 saturated carbocycles. The summed E-state index contributed by atoms with van der Waals surface area (Å²) < 4.78 is 11.3. The van der Waals surface area contributed by atoms with Gasteiger partial charge in [0.15, 0.2) is 5.76 Å². The van der Waals surface area contributed by atoms with E-state index in [1.807, 2.05) is 72.8 Å². The summed E-state index contributed by atoms with van der Waals surface area (Å²) >= 11 is 0. The number of aromatic nitrogens is 2. The highest BCUT2D eigenvalue weighted by atomic mass is 16.4. The number of nitrogens with zero attached hydrogens (tertiary/aromatic N) is 2. The number of para-hydroxylation sites is 1. The molecular formula is C22H15N3O3. The van der Waals surface area contributed by atoms with Crippen LogP contribution in [0.25, 0.3) is 33.4 Å². The van der Waals surface area contributed by atoms with Crippen LogP contribution in [0.15, 0.2) is 81.6 Å². The highest BCUT2D eigenvalue weighted by Crippen LogP contribution is 2.27. The van der Waals surface area contributed by atoms with Gasteiger partial charge in [-0.2, -0.15) is 0 Å². The van der Waals surface area contributed by atoms with Gasteiger partial charge in [-0.15, -0.1) is 5.10 Å². The number of amides is 1. The van der Waals surface area contributed by atoms with Gasteiger partial charge in [0.25, 0.3) is 5.89 Å². The van der Waals surface area contributed by atoms with Crippen molar-refractivity contribution in [3.05, 3.63) is 78.4 Å². The van der Waals surface area contributed by atoms with E-state index in [9.17, 15) is 4.79 Å². The Kier molecular flexibility index (Phi) is 3.87. The Morgan fingerprint density at radius 3 is 2.54 bits per heavy atom. The number of carbonyl (C=O) groups excluding carboxylic acids is 1. The van der Waals surface area contributed by atoms with Crippen LogP contribution in [0.1, 0.15) is 5.56 Å². The van der Waals surface area contributed by atoms with Gasteiger partial charge in [-0.3, -0.25) is 10.1 Å². The lowest BCUT2D eigenvalue weighted by Crippen LogP contribution is -2.14. The van der Waals surface area contributed by atoms with Crippen LogP contribution in [0, 0.1) is 0 Å². The van der Waals surface area contributed by atoms with Crippen molar-refractivity contribution in [3.63, 3.8) is 0 Å². The predicted molar refractivity (Wildman–Crippen MR) is 106 cm³/mol. The second-order valence-corrected chi connectivity index (χ2v) is 6.42. The third-order valence-electron chi connectivity index (χ3n) is 4.54. The maximum atomic E-state index is 12.4. The molecule has 5 rings (SSSR count). The summed E-state index contributed by atoms with van der Waals surface area (Å²) in [4.78, 5) is 12.4. The molecule has 5 aromatic rings. The Bertz CT molecular complexity index is 1260. The van der Waals surface area contributed by atoms with E-state index in [4.69, 9.17) is 8.83 Å². The zero-order valence-corrected chi connectivity index (χ0v) is 14.8. The van der Waals surface area contributed by atoms with Crippen molar-refractivity contribution < 1.29 is 13.6 Å². The fourth-order valence-electron chi connectivity index (χ4n) is 3.24. The number of rotatable bonds is 4. The molecule has 6 heteroatoms. The second-order valence-electron chi connectivity index (χ2n) is 6.42. The van der Waals surface area contributed by atoms with Crippen molar-refractivity contribution in [1.29, 1.82) is 0 Å². The Labute approximate surface area is 159 Å². The van der Waals surface area contributed by atoms with Crippen molar-refractivity contribution in [2.24, 2.45) is 0 Å². The lowest BCUT2D eigenvalue weighted by Gasteiger charge is -2.05. The zero-order valence-electron chi connectivity index (χ0n) is 14.8. The molecule has 0 aliphatic rings. The van der Waals surface area contributed by atoms with Crippen LogP contribution in [0.3, 0.4) is 0 Å². The minimum absolute atomic E-state index is 0.0423. The molecule has 0 aliphatic carbocycles. The van der Waals surface area contributed by atoms with Gasteiger partial charge < -0.3 is 8.83 Å². The minimum Gasteiger partial charge on any atom is -0.451 e. The molecule has 0 atom stereocenters. The van der Waals surface area contributed by atoms with Crippen LogP contribution >= 0.6 is 0 Å². The standard InChI is InChI=1S/C22H15N3O3/c26-20(13-15-9-5-8-14-6-1-3-10-17(14)15)23-22-25-24-21(28-22)19-12-16-7-2-4-11-18(16)27-19/h1-12H,13H2,(H,23,25,26). The Morgan fingerprint density at radius 1 is 0.857 bits per heavy atom. The molecule has 136 valence electrons. The fraction of sp³-hybridized carbons (Fsp3) is 0.0455. The third-order valence-corrected chi connectivity index (χ3v) is 4.54. The van der Waals surface area contributed by atoms with E-state index in [0.29, 0.717) is 5.76 Å². The van der Waals surface area contributed by atoms with E-state index >= 15 is 0 Å². The molecule has 6 nitrogen and oxygen atoms in total. The summed E-state index contributed by atoms with van der Waals surface area (Å²) in [6.07, 6.45) is 0.212. The van der Waals surface area contributed by atoms with Crippen LogP contribution in [0.2, 0.25) is 0 Å². The molecule has 1 amide bonds. The Hall–Kier alpha value is -3.93. The van der Waals surface area contributed by atoms with E-state index < -0.39 is 0 Å². The van der Waals surface area contributed by atoms with Crippen LogP contribution < -0.4 is 5.32 Å². The van der Waals surface area contributed by atoms with Gasteiger partial charge in [-0.05, 0) is 28.5 Å². The minimum atomic E-state index is -0.226. The quantitative estimate of drug-likeness (QED) is 0.491. The maximum Gasteiger partial charge on any atom is 0.322 e. The number of nitrogens with one attached hydrogen (secondary N) is 1. The largest absolute Gasteiger partial charge is 0.451 e. The molecule has 0 saturated heterocycles. The molecular weight excluding hydrogens is 354 g/mol. The summed E-state index contributed by atoms with van der Waals surface area (Å²) in [5.41, 5.74) is 1.67. The van der Waals surface area contributed by atoms with E-state index in [0.717, 1.165) is 27.3 Å². The zero-order chi connectivity index (χ0) is 18.9. The molecule has 0 fully saturated rings. The van der Waals surface area contributed by atoms with Gasteiger partial charge in [-0.25, -0.2) is 0 Å². The molecule has 0 spiro atoms. The van der Waals surface area contributed by atoms with Crippen molar-refractivity contribution in [2.45, 2.75) is 6.42 Å². The normalized spacial score (nSPS) is 11.1. The lowest BCUT2D eigenvalue weighted by atomic mass is 10.0. The molecule has 0 unspecified atom stereocenters. The van der Waals surface area contributed by atoms with E-state index in [-0.39, 0.29) is 24.2 Å². The number of fused-ring (bicyclic) bond motifs is 2. The summed E-state index contributed by atoms with van der Waals surface area (Å²) in [5, 5.41) is 13.6. The van der Waals surface area contributed by atoms with Crippen molar-refractivity contribution in [2.75, 3.05) is 5.32 Å². The van der Waals surface area contributed by atoms with Gasteiger partial charge >= 0.3 is 6.01 Å². The first kappa shape index (κ1) is 16.3. The van der Waals surface area contributed by atoms with E-state index in [1.165, 1.54) is 0 Å². The highest BCUT2D eigenvalue weighted by molar-refractivity contribution is 5.95. The van der Waals surface area contributed by atoms with Crippen LogP contribution in [0.5, 0.6) is 0 Å². The number of carbonyl (C=O) groups is 1. The topological polar surface area (TPSA) is 81.2 Å². The van der Waals surface area contributed by atoms with Crippen molar-refractivity contribution in [3.8, 4) is 11.7 Å². The molecule has 2 aromatic heterocycles. The monoisotopic (exact) mass is 369 g/mol. The molecule has 0 bridgehead atoms. The van der Waals surface area contributed by atoms with Crippen molar-refractivity contribution >= 4 is 33.7 Å². The van der Waals surface area contributed by atoms with Gasteiger partial charge in [0.1, 0.15) is 5.58 Å². The first-order valence-electron chi connectivity index (χ1n) is 8.85. The van der Waals surface area contributed by atoms with Crippen LogP contribution in [-0.4, -0.2) is 16.1 Å². The van der Waals surface area contributed by atoms with E-state index in [1.54, 1.807) is 0 Å². The van der Waals surface area contributed by atoms with Crippen LogP contribution in [-0.2, 0) is 11.2 Å². The van der Waals surface area contributed by atoms with Gasteiger partial charge in [0.2, 0.25) is 5.91 Å². The molecule has 1 N–H and O–H groups in total. The molecule has 28 heavy (non-hydrogen) atoms. The van der Waals surface area contributed by atoms with Gasteiger partial charge in [-0.1, -0.05) is 65.8 Å².